The summed E-state index contributed by atoms with van der Waals surface area (Å²) >= 11 is 8.16. The van der Waals surface area contributed by atoms with Crippen molar-refractivity contribution in [1.29, 1.82) is 0 Å². The fraction of sp³-hybridized carbons (Fsp3) is 0.222. The number of ether oxygens (including phenoxy) is 2. The van der Waals surface area contributed by atoms with Crippen LogP contribution in [0.5, 0.6) is 11.5 Å². The van der Waals surface area contributed by atoms with Gasteiger partial charge >= 0.3 is 0 Å². The number of rotatable bonds is 4. The molecule has 4 aromatic rings. The van der Waals surface area contributed by atoms with E-state index >= 15 is 0 Å². The number of halogens is 1. The summed E-state index contributed by atoms with van der Waals surface area (Å²) in [6, 6.07) is 20.0. The third-order valence-electron chi connectivity index (χ3n) is 6.22. The first-order valence-electron chi connectivity index (χ1n) is 10.8. The van der Waals surface area contributed by atoms with Gasteiger partial charge in [-0.1, -0.05) is 59.6 Å². The second-order valence-corrected chi connectivity index (χ2v) is 9.64. The molecule has 2 heterocycles. The highest BCUT2D eigenvalue weighted by atomic mass is 35.5. The Morgan fingerprint density at radius 3 is 2.52 bits per heavy atom. The molecule has 0 saturated carbocycles. The zero-order chi connectivity index (χ0) is 23.1. The number of fused-ring (bicyclic) bond motifs is 2. The molecule has 1 aliphatic heterocycles. The highest BCUT2D eigenvalue weighted by Gasteiger charge is 2.35. The van der Waals surface area contributed by atoms with Crippen LogP contribution in [-0.4, -0.2) is 31.6 Å². The second kappa shape index (κ2) is 8.73. The number of aryl methyl sites for hydroxylation is 1. The van der Waals surface area contributed by atoms with Crippen LogP contribution in [-0.2, 0) is 6.42 Å². The lowest BCUT2D eigenvalue weighted by atomic mass is 9.87. The lowest BCUT2D eigenvalue weighted by molar-refractivity contribution is 0.0699. The van der Waals surface area contributed by atoms with Crippen LogP contribution in [0.25, 0.3) is 10.1 Å². The van der Waals surface area contributed by atoms with Crippen LogP contribution in [0, 0.1) is 6.92 Å². The van der Waals surface area contributed by atoms with Crippen LogP contribution in [0.1, 0.15) is 38.0 Å². The number of hydrogen-bond donors (Lipinski definition) is 0. The largest absolute Gasteiger partial charge is 0.493 e. The molecule has 1 aromatic heterocycles. The summed E-state index contributed by atoms with van der Waals surface area (Å²) in [4.78, 5) is 16.5. The number of carbonyl (C=O) groups is 1. The number of hydrogen-bond acceptors (Lipinski definition) is 4. The minimum atomic E-state index is -0.248. The van der Waals surface area contributed by atoms with Crippen molar-refractivity contribution in [3.8, 4) is 11.5 Å². The highest BCUT2D eigenvalue weighted by Crippen LogP contribution is 2.43. The van der Waals surface area contributed by atoms with E-state index in [1.54, 1.807) is 14.2 Å². The molecular formula is C27H24ClNO3S. The molecule has 0 aliphatic carbocycles. The minimum Gasteiger partial charge on any atom is -0.493 e. The number of amides is 1. The molecule has 1 atom stereocenters. The predicted octanol–water partition coefficient (Wildman–Crippen LogP) is 6.67. The monoisotopic (exact) mass is 477 g/mol. The quantitative estimate of drug-likeness (QED) is 0.329. The van der Waals surface area contributed by atoms with Gasteiger partial charge in [0, 0.05) is 16.6 Å². The molecule has 33 heavy (non-hydrogen) atoms. The first-order chi connectivity index (χ1) is 16.0. The Morgan fingerprint density at radius 2 is 1.79 bits per heavy atom. The van der Waals surface area contributed by atoms with Gasteiger partial charge in [0.15, 0.2) is 11.5 Å². The van der Waals surface area contributed by atoms with Crippen LogP contribution in [0.3, 0.4) is 0 Å². The minimum absolute atomic E-state index is 0.0480. The van der Waals surface area contributed by atoms with Gasteiger partial charge in [0.05, 0.1) is 25.3 Å². The number of methoxy groups -OCH3 is 2. The Bertz CT molecular complexity index is 1360. The Balaban J connectivity index is 1.66. The van der Waals surface area contributed by atoms with Gasteiger partial charge < -0.3 is 14.4 Å². The normalized spacial score (nSPS) is 15.4. The molecule has 0 spiro atoms. The SMILES string of the molecule is COc1cc2c(cc1OC)C(c1cccc(C)c1)N(C(=O)c1sc3ccccc3c1Cl)CC2. The molecule has 4 nitrogen and oxygen atoms in total. The first kappa shape index (κ1) is 21.8. The second-order valence-electron chi connectivity index (χ2n) is 8.21. The van der Waals surface area contributed by atoms with Gasteiger partial charge in [-0.3, -0.25) is 4.79 Å². The molecular weight excluding hydrogens is 454 g/mol. The number of nitrogens with zero attached hydrogens (tertiary/aromatic N) is 1. The van der Waals surface area contributed by atoms with Crippen molar-refractivity contribution in [2.75, 3.05) is 20.8 Å². The zero-order valence-electron chi connectivity index (χ0n) is 18.7. The summed E-state index contributed by atoms with van der Waals surface area (Å²) in [5.41, 5.74) is 4.42. The van der Waals surface area contributed by atoms with E-state index in [4.69, 9.17) is 21.1 Å². The van der Waals surface area contributed by atoms with Crippen molar-refractivity contribution in [2.24, 2.45) is 0 Å². The Morgan fingerprint density at radius 1 is 1.03 bits per heavy atom. The van der Waals surface area contributed by atoms with Crippen LogP contribution in [0.4, 0.5) is 0 Å². The van der Waals surface area contributed by atoms with E-state index < -0.39 is 0 Å². The van der Waals surface area contributed by atoms with Crippen molar-refractivity contribution in [3.63, 3.8) is 0 Å². The number of benzene rings is 3. The molecule has 5 rings (SSSR count). The highest BCUT2D eigenvalue weighted by molar-refractivity contribution is 7.21. The van der Waals surface area contributed by atoms with Gasteiger partial charge in [-0.2, -0.15) is 0 Å². The molecule has 168 valence electrons. The smallest absolute Gasteiger partial charge is 0.266 e. The summed E-state index contributed by atoms with van der Waals surface area (Å²) in [5, 5.41) is 1.45. The maximum Gasteiger partial charge on any atom is 0.266 e. The summed E-state index contributed by atoms with van der Waals surface area (Å²) in [7, 11) is 3.28. The van der Waals surface area contributed by atoms with Crippen molar-refractivity contribution >= 4 is 38.9 Å². The molecule has 0 bridgehead atoms. The molecule has 0 fully saturated rings. The molecule has 1 amide bonds. The van der Waals surface area contributed by atoms with E-state index in [0.29, 0.717) is 27.9 Å². The lowest BCUT2D eigenvalue weighted by Crippen LogP contribution is -2.40. The topological polar surface area (TPSA) is 38.8 Å². The Kier molecular flexibility index (Phi) is 5.77. The van der Waals surface area contributed by atoms with Gasteiger partial charge in [0.2, 0.25) is 0 Å². The summed E-state index contributed by atoms with van der Waals surface area (Å²) in [5.74, 6) is 1.31. The van der Waals surface area contributed by atoms with Gasteiger partial charge in [-0.15, -0.1) is 11.3 Å². The van der Waals surface area contributed by atoms with Crippen molar-refractivity contribution in [3.05, 3.63) is 92.8 Å². The van der Waals surface area contributed by atoms with Crippen LogP contribution in [0.2, 0.25) is 5.02 Å². The van der Waals surface area contributed by atoms with Gasteiger partial charge in [-0.05, 0) is 48.2 Å². The maximum atomic E-state index is 13.9. The van der Waals surface area contributed by atoms with E-state index in [0.717, 1.165) is 38.8 Å². The fourth-order valence-corrected chi connectivity index (χ4v) is 6.11. The zero-order valence-corrected chi connectivity index (χ0v) is 20.3. The maximum absolute atomic E-state index is 13.9. The van der Waals surface area contributed by atoms with Crippen molar-refractivity contribution < 1.29 is 14.3 Å². The van der Waals surface area contributed by atoms with Crippen LogP contribution >= 0.6 is 22.9 Å². The van der Waals surface area contributed by atoms with Gasteiger partial charge in [-0.25, -0.2) is 0 Å². The molecule has 6 heteroatoms. The average molecular weight is 478 g/mol. The van der Waals surface area contributed by atoms with Crippen LogP contribution in [0.15, 0.2) is 60.7 Å². The Labute approximate surface area is 202 Å². The number of carbonyl (C=O) groups excluding carboxylic acids is 1. The molecule has 0 saturated heterocycles. The first-order valence-corrected chi connectivity index (χ1v) is 12.0. The summed E-state index contributed by atoms with van der Waals surface area (Å²) < 4.78 is 12.2. The van der Waals surface area contributed by atoms with E-state index in [1.165, 1.54) is 11.3 Å². The van der Waals surface area contributed by atoms with E-state index in [9.17, 15) is 4.79 Å². The Hall–Kier alpha value is -3.02. The number of thiophene rings is 1. The van der Waals surface area contributed by atoms with Crippen molar-refractivity contribution in [2.45, 2.75) is 19.4 Å². The molecule has 3 aromatic carbocycles. The van der Waals surface area contributed by atoms with Crippen molar-refractivity contribution in [1.82, 2.24) is 4.90 Å². The average Bonchev–Trinajstić information content (AvgIpc) is 3.18. The molecule has 1 aliphatic rings. The standard InChI is InChI=1S/C27H24ClNO3S/c1-16-7-6-8-18(13-16)25-20-15-22(32-3)21(31-2)14-17(20)11-12-29(25)27(30)26-24(28)19-9-4-5-10-23(19)33-26/h4-10,13-15,25H,11-12H2,1-3H3. The van der Waals surface area contributed by atoms with Gasteiger partial charge in [0.25, 0.3) is 5.91 Å². The van der Waals surface area contributed by atoms with E-state index in [-0.39, 0.29) is 11.9 Å². The predicted molar refractivity (Wildman–Crippen MR) is 134 cm³/mol. The van der Waals surface area contributed by atoms with E-state index in [1.807, 2.05) is 47.4 Å². The van der Waals surface area contributed by atoms with Gasteiger partial charge in [0.1, 0.15) is 4.88 Å². The van der Waals surface area contributed by atoms with Crippen LogP contribution < -0.4 is 9.47 Å². The third kappa shape index (κ3) is 3.75. The molecule has 1 unspecified atom stereocenters. The summed E-state index contributed by atoms with van der Waals surface area (Å²) in [6.07, 6.45) is 0.728. The molecule has 0 radical (unpaired) electrons. The third-order valence-corrected chi connectivity index (χ3v) is 7.88. The summed E-state index contributed by atoms with van der Waals surface area (Å²) in [6.45, 7) is 2.65. The van der Waals surface area contributed by atoms with E-state index in [2.05, 4.69) is 25.1 Å². The fourth-order valence-electron chi connectivity index (χ4n) is 4.65. The molecule has 0 N–H and O–H groups in total. The lowest BCUT2D eigenvalue weighted by Gasteiger charge is -2.38.